The Morgan fingerprint density at radius 3 is 2.22 bits per heavy atom. The number of hydrogen-bond donors (Lipinski definition) is 2. The third-order valence-electron chi connectivity index (χ3n) is 5.98. The van der Waals surface area contributed by atoms with E-state index < -0.39 is 10.0 Å². The molecule has 10 heteroatoms. The van der Waals surface area contributed by atoms with Crippen LogP contribution in [0, 0.1) is 13.8 Å². The molecule has 1 aliphatic heterocycles. The first kappa shape index (κ1) is 24.7. The highest BCUT2D eigenvalue weighted by molar-refractivity contribution is 7.92. The minimum absolute atomic E-state index is 0.166. The molecular weight excluding hydrogens is 510 g/mol. The number of hydrogen-bond acceptors (Lipinski definition) is 6. The molecule has 2 N–H and O–H groups in total. The van der Waals surface area contributed by atoms with Crippen molar-refractivity contribution in [2.45, 2.75) is 25.2 Å². The van der Waals surface area contributed by atoms with Gasteiger partial charge in [0.15, 0.2) is 0 Å². The Kier molecular flexibility index (Phi) is 6.57. The lowest BCUT2D eigenvalue weighted by Crippen LogP contribution is -2.29. The van der Waals surface area contributed by atoms with Crippen LogP contribution >= 0.6 is 11.6 Å². The van der Waals surface area contributed by atoms with E-state index in [0.29, 0.717) is 40.9 Å². The molecule has 0 unspecified atom stereocenters. The highest BCUT2D eigenvalue weighted by Crippen LogP contribution is 2.35. The van der Waals surface area contributed by atoms with Gasteiger partial charge in [-0.05, 0) is 92.6 Å². The molecule has 37 heavy (non-hydrogen) atoms. The molecule has 1 amide bonds. The number of halogens is 1. The molecule has 1 aromatic heterocycles. The van der Waals surface area contributed by atoms with E-state index in [0.717, 1.165) is 22.6 Å². The molecule has 0 radical (unpaired) electrons. The van der Waals surface area contributed by atoms with Gasteiger partial charge < -0.3 is 10.6 Å². The largest absolute Gasteiger partial charge is 0.324 e. The number of anilines is 4. The Labute approximate surface area is 220 Å². The van der Waals surface area contributed by atoms with Crippen molar-refractivity contribution in [1.82, 2.24) is 9.97 Å². The summed E-state index contributed by atoms with van der Waals surface area (Å²) in [6, 6.07) is 20.3. The summed E-state index contributed by atoms with van der Waals surface area (Å²) in [5.41, 5.74) is 4.90. The normalized spacial score (nSPS) is 12.8. The number of sulfonamides is 1. The average Bonchev–Trinajstić information content (AvgIpc) is 3.28. The predicted octanol–water partition coefficient (Wildman–Crippen LogP) is 5.49. The van der Waals surface area contributed by atoms with Gasteiger partial charge in [0.25, 0.3) is 15.9 Å². The minimum atomic E-state index is -3.76. The maximum atomic E-state index is 13.2. The number of nitrogens with one attached hydrogen (secondary N) is 2. The molecule has 1 aliphatic rings. The Morgan fingerprint density at radius 1 is 0.892 bits per heavy atom. The maximum absolute atomic E-state index is 13.2. The first-order chi connectivity index (χ1) is 17.7. The van der Waals surface area contributed by atoms with Crippen molar-refractivity contribution in [2.24, 2.45) is 0 Å². The van der Waals surface area contributed by atoms with E-state index in [1.165, 1.54) is 16.4 Å². The standard InChI is InChI=1S/C27H24ClN5O3S/c1-17-15-18(2)30-27(29-17)32-22-8-4-20(5-9-22)26(34)31-23-10-3-19-13-14-33(25(19)16-23)37(35,36)24-11-6-21(28)7-12-24/h3-12,15-16H,13-14H2,1-2H3,(H,31,34)(H,29,30,32). The van der Waals surface area contributed by atoms with Crippen LogP contribution in [0.5, 0.6) is 0 Å². The van der Waals surface area contributed by atoms with E-state index in [1.54, 1.807) is 48.5 Å². The summed E-state index contributed by atoms with van der Waals surface area (Å²) in [5.74, 6) is 0.185. The van der Waals surface area contributed by atoms with Crippen LogP contribution in [0.25, 0.3) is 0 Å². The van der Waals surface area contributed by atoms with Gasteiger partial charge in [0.05, 0.1) is 10.6 Å². The molecule has 3 aromatic carbocycles. The molecule has 188 valence electrons. The van der Waals surface area contributed by atoms with E-state index in [-0.39, 0.29) is 10.8 Å². The lowest BCUT2D eigenvalue weighted by Gasteiger charge is -2.20. The van der Waals surface area contributed by atoms with Gasteiger partial charge in [-0.1, -0.05) is 17.7 Å². The van der Waals surface area contributed by atoms with Crippen LogP contribution in [0.4, 0.5) is 23.0 Å². The second-order valence-electron chi connectivity index (χ2n) is 8.76. The molecule has 4 aromatic rings. The van der Waals surface area contributed by atoms with Crippen molar-refractivity contribution in [3.05, 3.63) is 100 Å². The van der Waals surface area contributed by atoms with Gasteiger partial charge in [-0.3, -0.25) is 9.10 Å². The molecule has 5 rings (SSSR count). The Balaban J connectivity index is 1.31. The van der Waals surface area contributed by atoms with Crippen LogP contribution in [0.15, 0.2) is 77.7 Å². The topological polar surface area (TPSA) is 104 Å². The van der Waals surface area contributed by atoms with Gasteiger partial charge in [0, 0.05) is 39.9 Å². The maximum Gasteiger partial charge on any atom is 0.264 e. The Bertz CT molecular complexity index is 1570. The van der Waals surface area contributed by atoms with E-state index in [9.17, 15) is 13.2 Å². The summed E-state index contributed by atoms with van der Waals surface area (Å²) in [6.45, 7) is 4.13. The number of benzene rings is 3. The van der Waals surface area contributed by atoms with Gasteiger partial charge in [-0.25, -0.2) is 18.4 Å². The molecule has 8 nitrogen and oxygen atoms in total. The van der Waals surface area contributed by atoms with Gasteiger partial charge in [0.2, 0.25) is 5.95 Å². The highest BCUT2D eigenvalue weighted by Gasteiger charge is 2.31. The SMILES string of the molecule is Cc1cc(C)nc(Nc2ccc(C(=O)Nc3ccc4c(c3)N(S(=O)(=O)c3ccc(Cl)cc3)CC4)cc2)n1. The fourth-order valence-corrected chi connectivity index (χ4v) is 5.85. The van der Waals surface area contributed by atoms with Crippen LogP contribution < -0.4 is 14.9 Å². The third-order valence-corrected chi connectivity index (χ3v) is 8.06. The minimum Gasteiger partial charge on any atom is -0.324 e. The second kappa shape index (κ2) is 9.84. The third kappa shape index (κ3) is 5.28. The molecule has 0 saturated carbocycles. The van der Waals surface area contributed by atoms with Gasteiger partial charge in [-0.2, -0.15) is 0 Å². The number of rotatable bonds is 6. The Hall–Kier alpha value is -3.95. The Morgan fingerprint density at radius 2 is 1.54 bits per heavy atom. The zero-order valence-corrected chi connectivity index (χ0v) is 21.8. The number of fused-ring (bicyclic) bond motifs is 1. The zero-order chi connectivity index (χ0) is 26.2. The molecule has 0 fully saturated rings. The van der Waals surface area contributed by atoms with E-state index in [4.69, 9.17) is 11.6 Å². The molecule has 2 heterocycles. The van der Waals surface area contributed by atoms with Crippen molar-refractivity contribution in [3.8, 4) is 0 Å². The van der Waals surface area contributed by atoms with E-state index in [1.807, 2.05) is 26.0 Å². The number of amides is 1. The fourth-order valence-electron chi connectivity index (χ4n) is 4.23. The summed E-state index contributed by atoms with van der Waals surface area (Å²) in [4.78, 5) is 21.8. The molecule has 0 bridgehead atoms. The molecular formula is C27H24ClN5O3S. The van der Waals surface area contributed by atoms with Crippen LogP contribution in [-0.2, 0) is 16.4 Å². The van der Waals surface area contributed by atoms with Gasteiger partial charge in [0.1, 0.15) is 0 Å². The van der Waals surface area contributed by atoms with Crippen molar-refractivity contribution < 1.29 is 13.2 Å². The zero-order valence-electron chi connectivity index (χ0n) is 20.2. The van der Waals surface area contributed by atoms with Crippen LogP contribution in [0.3, 0.4) is 0 Å². The number of carbonyl (C=O) groups is 1. The van der Waals surface area contributed by atoms with Crippen molar-refractivity contribution in [1.29, 1.82) is 0 Å². The van der Waals surface area contributed by atoms with Crippen molar-refractivity contribution >= 4 is 50.5 Å². The van der Waals surface area contributed by atoms with Crippen LogP contribution in [0.1, 0.15) is 27.3 Å². The smallest absolute Gasteiger partial charge is 0.264 e. The lowest BCUT2D eigenvalue weighted by molar-refractivity contribution is 0.102. The number of carbonyl (C=O) groups excluding carboxylic acids is 1. The summed E-state index contributed by atoms with van der Waals surface area (Å²) < 4.78 is 27.9. The predicted molar refractivity (Wildman–Crippen MR) is 145 cm³/mol. The van der Waals surface area contributed by atoms with Crippen LogP contribution in [0.2, 0.25) is 5.02 Å². The summed E-state index contributed by atoms with van der Waals surface area (Å²) in [7, 11) is -3.76. The molecule has 0 spiro atoms. The number of aryl methyl sites for hydroxylation is 2. The summed E-state index contributed by atoms with van der Waals surface area (Å²) in [5, 5.41) is 6.48. The van der Waals surface area contributed by atoms with Crippen LogP contribution in [-0.4, -0.2) is 30.8 Å². The van der Waals surface area contributed by atoms with E-state index >= 15 is 0 Å². The summed E-state index contributed by atoms with van der Waals surface area (Å²) in [6.07, 6.45) is 0.592. The number of nitrogens with zero attached hydrogens (tertiary/aromatic N) is 3. The monoisotopic (exact) mass is 533 g/mol. The van der Waals surface area contributed by atoms with Crippen molar-refractivity contribution in [2.75, 3.05) is 21.5 Å². The van der Waals surface area contributed by atoms with E-state index in [2.05, 4.69) is 20.6 Å². The van der Waals surface area contributed by atoms with Crippen molar-refractivity contribution in [3.63, 3.8) is 0 Å². The first-order valence-electron chi connectivity index (χ1n) is 11.6. The quantitative estimate of drug-likeness (QED) is 0.339. The molecule has 0 atom stereocenters. The molecule has 0 saturated heterocycles. The fraction of sp³-hybridized carbons (Fsp3) is 0.148. The van der Waals surface area contributed by atoms with Gasteiger partial charge in [-0.15, -0.1) is 0 Å². The average molecular weight is 534 g/mol. The highest BCUT2D eigenvalue weighted by atomic mass is 35.5. The van der Waals surface area contributed by atoms with Gasteiger partial charge >= 0.3 is 0 Å². The second-order valence-corrected chi connectivity index (χ2v) is 11.1. The lowest BCUT2D eigenvalue weighted by atomic mass is 10.1. The molecule has 0 aliphatic carbocycles. The summed E-state index contributed by atoms with van der Waals surface area (Å²) >= 11 is 5.92. The number of aromatic nitrogens is 2. The first-order valence-corrected chi connectivity index (χ1v) is 13.4.